The molecule has 1 unspecified atom stereocenters. The number of nitrogens with zero attached hydrogens (tertiary/aromatic N) is 3. The van der Waals surface area contributed by atoms with Crippen LogP contribution in [0.1, 0.15) is 60.6 Å². The first-order valence-corrected chi connectivity index (χ1v) is 5.69. The van der Waals surface area contributed by atoms with Crippen LogP contribution in [0.5, 0.6) is 0 Å². The lowest BCUT2D eigenvalue weighted by atomic mass is 10.2. The Labute approximate surface area is 99.0 Å². The highest BCUT2D eigenvalue weighted by Gasteiger charge is 2.24. The Morgan fingerprint density at radius 2 is 2.06 bits per heavy atom. The highest BCUT2D eigenvalue weighted by atomic mass is 16.5. The average molecular weight is 237 g/mol. The first-order valence-electron chi connectivity index (χ1n) is 5.69. The van der Waals surface area contributed by atoms with Crippen LogP contribution < -0.4 is 0 Å². The van der Waals surface area contributed by atoms with E-state index in [9.17, 15) is 9.59 Å². The molecule has 0 saturated carbocycles. The first kappa shape index (κ1) is 11.9. The summed E-state index contributed by atoms with van der Waals surface area (Å²) in [6, 6.07) is 0. The number of carbonyl (C=O) groups is 2. The lowest BCUT2D eigenvalue weighted by molar-refractivity contribution is -0.0408. The normalized spacial score (nSPS) is 20.2. The molecule has 1 aromatic heterocycles. The Bertz CT molecular complexity index is 447. The van der Waals surface area contributed by atoms with Crippen LogP contribution in [0.3, 0.4) is 0 Å². The number of ketones is 2. The van der Waals surface area contributed by atoms with Crippen LogP contribution >= 0.6 is 0 Å². The number of Topliss-reactive ketones (excluding diaryl/α,β-unsaturated/α-hetero) is 2. The molecule has 1 atom stereocenters. The van der Waals surface area contributed by atoms with Crippen LogP contribution in [0.4, 0.5) is 0 Å². The second-order valence-corrected chi connectivity index (χ2v) is 4.14. The summed E-state index contributed by atoms with van der Waals surface area (Å²) in [6.07, 6.45) is 2.56. The van der Waals surface area contributed by atoms with Gasteiger partial charge in [0.2, 0.25) is 5.82 Å². The van der Waals surface area contributed by atoms with Crippen LogP contribution in [0.2, 0.25) is 0 Å². The van der Waals surface area contributed by atoms with Crippen LogP contribution in [0.15, 0.2) is 0 Å². The largest absolute Gasteiger partial charge is 0.356 e. The molecule has 1 aromatic rings. The lowest BCUT2D eigenvalue weighted by Crippen LogP contribution is -2.22. The van der Waals surface area contributed by atoms with E-state index in [2.05, 4.69) is 10.1 Å². The zero-order valence-electron chi connectivity index (χ0n) is 9.97. The predicted octanol–water partition coefficient (Wildman–Crippen LogP) is 1.38. The molecule has 17 heavy (non-hydrogen) atoms. The highest BCUT2D eigenvalue weighted by Crippen LogP contribution is 2.23. The van der Waals surface area contributed by atoms with Gasteiger partial charge in [0, 0.05) is 20.5 Å². The average Bonchev–Trinajstić information content (AvgIpc) is 2.75. The van der Waals surface area contributed by atoms with Gasteiger partial charge < -0.3 is 4.74 Å². The van der Waals surface area contributed by atoms with Gasteiger partial charge in [-0.3, -0.25) is 9.59 Å². The summed E-state index contributed by atoms with van der Waals surface area (Å²) in [4.78, 5) is 26.6. The maximum atomic E-state index is 11.5. The molecule has 0 bridgehead atoms. The molecule has 92 valence electrons. The minimum absolute atomic E-state index is 0.0735. The molecular formula is C11H15N3O3. The quantitative estimate of drug-likeness (QED) is 0.742. The molecule has 0 aromatic carbocycles. The molecule has 0 radical (unpaired) electrons. The molecule has 1 aliphatic heterocycles. The number of rotatable bonds is 3. The third kappa shape index (κ3) is 2.41. The molecule has 1 fully saturated rings. The van der Waals surface area contributed by atoms with Crippen molar-refractivity contribution in [1.82, 2.24) is 14.8 Å². The third-order valence-electron chi connectivity index (χ3n) is 2.69. The fourth-order valence-corrected chi connectivity index (χ4v) is 1.83. The lowest BCUT2D eigenvalue weighted by Gasteiger charge is -2.23. The summed E-state index contributed by atoms with van der Waals surface area (Å²) in [5.74, 6) is -0.187. The van der Waals surface area contributed by atoms with Crippen LogP contribution in [0.25, 0.3) is 0 Å². The standard InChI is InChI=1S/C11H15N3O3/c1-7(15)10-12-11(8(2)16)14(13-10)9-5-3-4-6-17-9/h9H,3-6H2,1-2H3. The van der Waals surface area contributed by atoms with Gasteiger partial charge in [-0.25, -0.2) is 9.67 Å². The van der Waals surface area contributed by atoms with Gasteiger partial charge in [0.15, 0.2) is 23.6 Å². The number of hydrogen-bond donors (Lipinski definition) is 0. The Kier molecular flexibility index (Phi) is 3.33. The molecule has 1 saturated heterocycles. The Morgan fingerprint density at radius 3 is 2.59 bits per heavy atom. The monoisotopic (exact) mass is 237 g/mol. The second-order valence-electron chi connectivity index (χ2n) is 4.14. The van der Waals surface area contributed by atoms with E-state index in [1.54, 1.807) is 0 Å². The fourth-order valence-electron chi connectivity index (χ4n) is 1.83. The van der Waals surface area contributed by atoms with Crippen molar-refractivity contribution in [3.05, 3.63) is 11.6 Å². The molecule has 0 amide bonds. The van der Waals surface area contributed by atoms with Crippen molar-refractivity contribution >= 4 is 11.6 Å². The summed E-state index contributed by atoms with van der Waals surface area (Å²) >= 11 is 0. The number of aromatic nitrogens is 3. The van der Waals surface area contributed by atoms with Crippen molar-refractivity contribution in [3.8, 4) is 0 Å². The molecule has 6 nitrogen and oxygen atoms in total. The van der Waals surface area contributed by atoms with E-state index in [-0.39, 0.29) is 29.4 Å². The summed E-state index contributed by atoms with van der Waals surface area (Å²) < 4.78 is 6.99. The van der Waals surface area contributed by atoms with E-state index < -0.39 is 0 Å². The van der Waals surface area contributed by atoms with Gasteiger partial charge in [-0.1, -0.05) is 0 Å². The maximum Gasteiger partial charge on any atom is 0.217 e. The number of carbonyl (C=O) groups excluding carboxylic acids is 2. The molecular weight excluding hydrogens is 222 g/mol. The van der Waals surface area contributed by atoms with Crippen molar-refractivity contribution in [1.29, 1.82) is 0 Å². The fraction of sp³-hybridized carbons (Fsp3) is 0.636. The predicted molar refractivity (Wildman–Crippen MR) is 58.9 cm³/mol. The van der Waals surface area contributed by atoms with E-state index >= 15 is 0 Å². The van der Waals surface area contributed by atoms with Crippen molar-refractivity contribution in [2.45, 2.75) is 39.3 Å². The molecule has 0 aliphatic carbocycles. The van der Waals surface area contributed by atoms with Gasteiger partial charge in [0.05, 0.1) is 0 Å². The van der Waals surface area contributed by atoms with Gasteiger partial charge in [-0.15, -0.1) is 5.10 Å². The van der Waals surface area contributed by atoms with Gasteiger partial charge >= 0.3 is 0 Å². The van der Waals surface area contributed by atoms with Crippen molar-refractivity contribution in [2.24, 2.45) is 0 Å². The summed E-state index contributed by atoms with van der Waals surface area (Å²) in [6.45, 7) is 3.44. The van der Waals surface area contributed by atoms with Crippen LogP contribution in [-0.4, -0.2) is 32.9 Å². The van der Waals surface area contributed by atoms with E-state index in [1.807, 2.05) is 0 Å². The Hall–Kier alpha value is -1.56. The summed E-state index contributed by atoms with van der Waals surface area (Å²) in [7, 11) is 0. The molecule has 1 aliphatic rings. The van der Waals surface area contributed by atoms with E-state index in [0.717, 1.165) is 19.3 Å². The van der Waals surface area contributed by atoms with Gasteiger partial charge in [0.1, 0.15) is 0 Å². The molecule has 0 spiro atoms. The van der Waals surface area contributed by atoms with Gasteiger partial charge in [-0.05, 0) is 19.3 Å². The van der Waals surface area contributed by atoms with E-state index in [1.165, 1.54) is 18.5 Å². The topological polar surface area (TPSA) is 74.1 Å². The minimum atomic E-state index is -0.275. The zero-order chi connectivity index (χ0) is 12.4. The number of hydrogen-bond acceptors (Lipinski definition) is 5. The van der Waals surface area contributed by atoms with Crippen molar-refractivity contribution in [2.75, 3.05) is 6.61 Å². The van der Waals surface area contributed by atoms with Gasteiger partial charge in [-0.2, -0.15) is 0 Å². The highest BCUT2D eigenvalue weighted by molar-refractivity contribution is 5.94. The Balaban J connectivity index is 2.36. The van der Waals surface area contributed by atoms with E-state index in [4.69, 9.17) is 4.74 Å². The SMILES string of the molecule is CC(=O)c1nc(C(C)=O)n(C2CCCCO2)n1. The third-order valence-corrected chi connectivity index (χ3v) is 2.69. The summed E-state index contributed by atoms with van der Waals surface area (Å²) in [5.41, 5.74) is 0. The minimum Gasteiger partial charge on any atom is -0.356 e. The zero-order valence-corrected chi connectivity index (χ0v) is 9.97. The maximum absolute atomic E-state index is 11.5. The summed E-state index contributed by atoms with van der Waals surface area (Å²) in [5, 5.41) is 4.06. The second kappa shape index (κ2) is 4.75. The van der Waals surface area contributed by atoms with E-state index in [0.29, 0.717) is 6.61 Å². The van der Waals surface area contributed by atoms with Gasteiger partial charge in [0.25, 0.3) is 0 Å². The molecule has 2 heterocycles. The Morgan fingerprint density at radius 1 is 1.29 bits per heavy atom. The molecule has 6 heteroatoms. The smallest absolute Gasteiger partial charge is 0.217 e. The molecule has 2 rings (SSSR count). The number of ether oxygens (including phenoxy) is 1. The first-order chi connectivity index (χ1) is 8.09. The molecule has 0 N–H and O–H groups in total. The van der Waals surface area contributed by atoms with Crippen molar-refractivity contribution in [3.63, 3.8) is 0 Å². The van der Waals surface area contributed by atoms with Crippen LogP contribution in [0, 0.1) is 0 Å². The van der Waals surface area contributed by atoms with Crippen LogP contribution in [-0.2, 0) is 4.74 Å². The van der Waals surface area contributed by atoms with Crippen molar-refractivity contribution < 1.29 is 14.3 Å².